The van der Waals surface area contributed by atoms with Crippen LogP contribution in [-0.2, 0) is 78.3 Å². The molecule has 83 heavy (non-hydrogen) atoms. The van der Waals surface area contributed by atoms with E-state index in [4.69, 9.17) is 10.8 Å². The molecule has 31 nitrogen and oxygen atoms in total. The second-order valence-electron chi connectivity index (χ2n) is 20.3. The van der Waals surface area contributed by atoms with Crippen LogP contribution in [0.2, 0.25) is 0 Å². The van der Waals surface area contributed by atoms with E-state index in [1.165, 1.54) is 24.3 Å². The fourth-order valence-electron chi connectivity index (χ4n) is 9.11. The maximum atomic E-state index is 14.6. The molecule has 1 aromatic rings. The van der Waals surface area contributed by atoms with Gasteiger partial charge in [0.1, 0.15) is 60.1 Å². The number of carboxylic acid groups (broad SMARTS) is 5. The normalized spacial score (nSPS) is 17.5. The van der Waals surface area contributed by atoms with Crippen molar-refractivity contribution in [3.8, 4) is 5.75 Å². The van der Waals surface area contributed by atoms with Gasteiger partial charge in [0.15, 0.2) is 0 Å². The molecule has 458 valence electrons. The fraction of sp³-hybridized carbons (Fsp3) is 0.596. The number of hydrogen-bond donors (Lipinski definition) is 14. The van der Waals surface area contributed by atoms with Crippen LogP contribution in [0.5, 0.6) is 5.75 Å². The summed E-state index contributed by atoms with van der Waals surface area (Å²) in [6.45, 7) is 4.39. The van der Waals surface area contributed by atoms with E-state index in [0.29, 0.717) is 5.56 Å². The van der Waals surface area contributed by atoms with Crippen molar-refractivity contribution < 1.29 is 103 Å². The van der Waals surface area contributed by atoms with Crippen LogP contribution in [0.4, 0.5) is 0 Å². The number of amides is 10. The van der Waals surface area contributed by atoms with Crippen molar-refractivity contribution in [1.29, 1.82) is 0 Å². The summed E-state index contributed by atoms with van der Waals surface area (Å²) in [7, 11) is 0. The number of rotatable bonds is 35. The van der Waals surface area contributed by atoms with Crippen molar-refractivity contribution in [2.75, 3.05) is 13.1 Å². The van der Waals surface area contributed by atoms with Gasteiger partial charge in [-0.15, -0.1) is 0 Å². The molecule has 2 heterocycles. The molecule has 0 aromatic heterocycles. The van der Waals surface area contributed by atoms with Crippen LogP contribution in [-0.4, -0.2) is 197 Å². The average Bonchev–Trinajstić information content (AvgIpc) is 4.23. The molecule has 2 aliphatic heterocycles. The largest absolute Gasteiger partial charge is 0.508 e. The molecule has 0 bridgehead atoms. The van der Waals surface area contributed by atoms with Crippen LogP contribution in [0.25, 0.3) is 0 Å². The highest BCUT2D eigenvalue weighted by molar-refractivity contribution is 5.99. The van der Waals surface area contributed by atoms with E-state index in [2.05, 4.69) is 37.2 Å². The molecule has 31 heteroatoms. The maximum absolute atomic E-state index is 14.6. The molecular formula is C52H74N10O21. The molecule has 0 radical (unpaired) electrons. The summed E-state index contributed by atoms with van der Waals surface area (Å²) in [6.07, 6.45) is -5.02. The number of carbonyl (C=O) groups is 15. The lowest BCUT2D eigenvalue weighted by atomic mass is 9.96. The van der Waals surface area contributed by atoms with E-state index in [0.717, 1.165) is 16.7 Å². The molecule has 15 N–H and O–H groups in total. The van der Waals surface area contributed by atoms with E-state index in [1.54, 1.807) is 13.8 Å². The Labute approximate surface area is 475 Å². The molecule has 0 saturated carbocycles. The van der Waals surface area contributed by atoms with Gasteiger partial charge in [-0.2, -0.15) is 0 Å². The first-order valence-corrected chi connectivity index (χ1v) is 26.9. The standard InChI is InChI=1S/C52H74N10O21/c1-4-26(2)43(60-49(79)36-8-5-23-61(36)50(80)32(16-21-41(70)71)58-47(77)34(55-38(65)18-22-42(72)73)25-28-9-11-29(63)12-10-28)51(81)62-24-6-7-35(62)48(78)57-31(15-20-40(68)69)46(76)56-30(14-19-39(66)67)45(75)54-27(3)44(74)59-33(52(82)83)13-17-37(53)64/h9-12,26-27,30-36,43,63H,4-8,13-25H2,1-3H3,(H2,53,64)(H,54,75)(H,55,65)(H,56,76)(H,57,78)(H,58,77)(H,59,74)(H,60,79)(H,66,67)(H,68,69)(H,70,71)(H,72,73)(H,82,83). The monoisotopic (exact) mass is 1170 g/mol. The predicted molar refractivity (Wildman–Crippen MR) is 283 cm³/mol. The van der Waals surface area contributed by atoms with Crippen molar-refractivity contribution in [2.45, 2.75) is 178 Å². The van der Waals surface area contributed by atoms with E-state index >= 15 is 0 Å². The van der Waals surface area contributed by atoms with Gasteiger partial charge < -0.3 is 83.4 Å². The lowest BCUT2D eigenvalue weighted by Gasteiger charge is -2.34. The number of benzene rings is 1. The number of nitrogens with zero attached hydrogens (tertiary/aromatic N) is 2. The zero-order valence-electron chi connectivity index (χ0n) is 46.1. The number of aliphatic carboxylic acids is 5. The van der Waals surface area contributed by atoms with Gasteiger partial charge in [0.2, 0.25) is 59.1 Å². The highest BCUT2D eigenvalue weighted by Crippen LogP contribution is 2.25. The van der Waals surface area contributed by atoms with Crippen molar-refractivity contribution >= 4 is 88.9 Å². The minimum Gasteiger partial charge on any atom is -0.508 e. The predicted octanol–water partition coefficient (Wildman–Crippen LogP) is -2.81. The summed E-state index contributed by atoms with van der Waals surface area (Å²) in [5.74, 6) is -17.1. The Morgan fingerprint density at radius 2 is 0.964 bits per heavy atom. The summed E-state index contributed by atoms with van der Waals surface area (Å²) in [6, 6.07) is -7.99. The second kappa shape index (κ2) is 33.1. The third-order valence-corrected chi connectivity index (χ3v) is 13.9. The summed E-state index contributed by atoms with van der Waals surface area (Å²) in [5, 5.41) is 73.6. The first-order valence-electron chi connectivity index (χ1n) is 26.9. The summed E-state index contributed by atoms with van der Waals surface area (Å²) in [5.41, 5.74) is 5.51. The lowest BCUT2D eigenvalue weighted by molar-refractivity contribution is -0.146. The SMILES string of the molecule is CCC(C)C(NC(=O)C1CCCN1C(=O)C(CCC(=O)O)NC(=O)C(Cc1ccc(O)cc1)NC(=O)CCC(=O)O)C(=O)N1CCCC1C(=O)NC(CCC(=O)O)C(=O)NC(CCC(=O)O)C(=O)NC(C)C(=O)NC(CCC(N)=O)C(=O)O. The summed E-state index contributed by atoms with van der Waals surface area (Å²) >= 11 is 0. The number of nitrogens with two attached hydrogens (primary N) is 1. The molecule has 3 rings (SSSR count). The number of nitrogens with one attached hydrogen (secondary N) is 7. The molecule has 2 saturated heterocycles. The average molecular weight is 1180 g/mol. The van der Waals surface area contributed by atoms with Crippen LogP contribution >= 0.6 is 0 Å². The number of likely N-dealkylation sites (tertiary alicyclic amines) is 2. The third kappa shape index (κ3) is 22.5. The minimum absolute atomic E-state index is 0.0110. The van der Waals surface area contributed by atoms with Gasteiger partial charge in [-0.3, -0.25) is 67.1 Å². The molecule has 2 fully saturated rings. The topological polar surface area (TPSA) is 494 Å². The van der Waals surface area contributed by atoms with Crippen LogP contribution in [0.15, 0.2) is 24.3 Å². The zero-order chi connectivity index (χ0) is 62.2. The number of carboxylic acids is 5. The summed E-state index contributed by atoms with van der Waals surface area (Å²) < 4.78 is 0. The third-order valence-electron chi connectivity index (χ3n) is 13.9. The Morgan fingerprint density at radius 1 is 0.518 bits per heavy atom. The van der Waals surface area contributed by atoms with Crippen LogP contribution in [0, 0.1) is 5.92 Å². The Kier molecular flexibility index (Phi) is 27.3. The minimum atomic E-state index is -1.74. The molecule has 0 spiro atoms. The van der Waals surface area contributed by atoms with E-state index < -0.39 is 213 Å². The van der Waals surface area contributed by atoms with Gasteiger partial charge in [0.05, 0.1) is 6.42 Å². The van der Waals surface area contributed by atoms with Crippen molar-refractivity contribution in [1.82, 2.24) is 47.0 Å². The number of primary amides is 1. The number of phenols is 1. The molecular weight excluding hydrogens is 1100 g/mol. The second-order valence-corrected chi connectivity index (χ2v) is 20.3. The Bertz CT molecular complexity index is 2580. The number of aromatic hydroxyl groups is 1. The van der Waals surface area contributed by atoms with Crippen molar-refractivity contribution in [3.63, 3.8) is 0 Å². The van der Waals surface area contributed by atoms with Gasteiger partial charge in [0, 0.05) is 51.6 Å². The van der Waals surface area contributed by atoms with Crippen molar-refractivity contribution in [2.24, 2.45) is 11.7 Å². The molecule has 10 unspecified atom stereocenters. The van der Waals surface area contributed by atoms with Crippen LogP contribution < -0.4 is 43.0 Å². The number of phenolic OH excluding ortho intramolecular Hbond substituents is 1. The van der Waals surface area contributed by atoms with Gasteiger partial charge in [0.25, 0.3) is 0 Å². The molecule has 10 amide bonds. The maximum Gasteiger partial charge on any atom is 0.326 e. The number of hydrogen-bond acceptors (Lipinski definition) is 16. The van der Waals surface area contributed by atoms with Gasteiger partial charge >= 0.3 is 29.8 Å². The Morgan fingerprint density at radius 3 is 1.47 bits per heavy atom. The van der Waals surface area contributed by atoms with Crippen LogP contribution in [0.3, 0.4) is 0 Å². The molecule has 2 aliphatic rings. The smallest absolute Gasteiger partial charge is 0.326 e. The fourth-order valence-corrected chi connectivity index (χ4v) is 9.11. The first kappa shape index (κ1) is 68.3. The lowest BCUT2D eigenvalue weighted by Crippen LogP contribution is -2.61. The van der Waals surface area contributed by atoms with E-state index in [-0.39, 0.29) is 57.4 Å². The highest BCUT2D eigenvalue weighted by atomic mass is 16.4. The Hall–Kier alpha value is -8.93. The molecule has 0 aliphatic carbocycles. The zero-order valence-corrected chi connectivity index (χ0v) is 46.1. The summed E-state index contributed by atoms with van der Waals surface area (Å²) in [4.78, 5) is 196. The van der Waals surface area contributed by atoms with Gasteiger partial charge in [-0.25, -0.2) is 4.79 Å². The Balaban J connectivity index is 1.84. The molecule has 10 atom stereocenters. The number of carbonyl (C=O) groups excluding carboxylic acids is 10. The first-order chi connectivity index (χ1) is 39.0. The van der Waals surface area contributed by atoms with Gasteiger partial charge in [-0.1, -0.05) is 32.4 Å². The van der Waals surface area contributed by atoms with Gasteiger partial charge in [-0.05, 0) is 81.9 Å². The molecule has 1 aromatic carbocycles. The quantitative estimate of drug-likeness (QED) is 0.0326. The van der Waals surface area contributed by atoms with Crippen LogP contribution in [0.1, 0.15) is 123 Å². The van der Waals surface area contributed by atoms with E-state index in [9.17, 15) is 97.5 Å². The van der Waals surface area contributed by atoms with E-state index in [1.807, 2.05) is 0 Å². The van der Waals surface area contributed by atoms with Crippen molar-refractivity contribution in [3.05, 3.63) is 29.8 Å². The highest BCUT2D eigenvalue weighted by Gasteiger charge is 2.44.